The fourth-order valence-corrected chi connectivity index (χ4v) is 3.90. The van der Waals surface area contributed by atoms with Gasteiger partial charge >= 0.3 is 0 Å². The summed E-state index contributed by atoms with van der Waals surface area (Å²) in [6.07, 6.45) is 0. The fraction of sp³-hybridized carbons (Fsp3) is 0.0435. The van der Waals surface area contributed by atoms with Crippen LogP contribution in [-0.2, 0) is 0 Å². The van der Waals surface area contributed by atoms with Crippen LogP contribution >= 0.6 is 31.9 Å². The SMILES string of the molecule is Cc1ccc(NC(=O)c2cc(-c3ccc(Br)cc3)nc3ccccc23)c(Br)c1. The Morgan fingerprint density at radius 1 is 0.929 bits per heavy atom. The number of nitrogens with zero attached hydrogens (tertiary/aromatic N) is 1. The van der Waals surface area contributed by atoms with E-state index in [1.807, 2.05) is 79.7 Å². The average Bonchev–Trinajstić information content (AvgIpc) is 2.69. The van der Waals surface area contributed by atoms with Crippen molar-refractivity contribution in [3.63, 3.8) is 0 Å². The third-order valence-electron chi connectivity index (χ3n) is 4.47. The average molecular weight is 496 g/mol. The summed E-state index contributed by atoms with van der Waals surface area (Å²) in [5.74, 6) is -0.165. The number of aromatic nitrogens is 1. The number of pyridine rings is 1. The van der Waals surface area contributed by atoms with Gasteiger partial charge in [0.1, 0.15) is 0 Å². The molecule has 0 spiro atoms. The number of benzene rings is 3. The summed E-state index contributed by atoms with van der Waals surface area (Å²) in [6, 6.07) is 23.3. The molecule has 0 atom stereocenters. The van der Waals surface area contributed by atoms with Gasteiger partial charge in [-0.25, -0.2) is 4.98 Å². The predicted molar refractivity (Wildman–Crippen MR) is 122 cm³/mol. The van der Waals surface area contributed by atoms with Crippen LogP contribution in [0.15, 0.2) is 81.7 Å². The maximum absolute atomic E-state index is 13.1. The van der Waals surface area contributed by atoms with Crippen LogP contribution in [0.25, 0.3) is 22.2 Å². The highest BCUT2D eigenvalue weighted by molar-refractivity contribution is 9.10. The maximum Gasteiger partial charge on any atom is 0.256 e. The molecule has 1 amide bonds. The minimum absolute atomic E-state index is 0.165. The summed E-state index contributed by atoms with van der Waals surface area (Å²) in [5.41, 5.74) is 4.96. The number of halogens is 2. The van der Waals surface area contributed by atoms with Crippen molar-refractivity contribution < 1.29 is 4.79 Å². The Hall–Kier alpha value is -2.50. The normalized spacial score (nSPS) is 10.8. The summed E-state index contributed by atoms with van der Waals surface area (Å²) in [6.45, 7) is 2.01. The fourth-order valence-electron chi connectivity index (χ4n) is 3.04. The minimum atomic E-state index is -0.165. The van der Waals surface area contributed by atoms with E-state index in [0.717, 1.165) is 42.4 Å². The van der Waals surface area contributed by atoms with Crippen molar-refractivity contribution in [2.24, 2.45) is 0 Å². The number of carbonyl (C=O) groups excluding carboxylic acids is 1. The zero-order chi connectivity index (χ0) is 19.7. The van der Waals surface area contributed by atoms with E-state index in [1.54, 1.807) is 0 Å². The van der Waals surface area contributed by atoms with Crippen LogP contribution < -0.4 is 5.32 Å². The molecule has 0 saturated carbocycles. The van der Waals surface area contributed by atoms with Crippen molar-refractivity contribution in [3.05, 3.63) is 92.9 Å². The molecule has 3 nitrogen and oxygen atoms in total. The van der Waals surface area contributed by atoms with Gasteiger partial charge in [0.25, 0.3) is 5.91 Å². The van der Waals surface area contributed by atoms with E-state index in [-0.39, 0.29) is 5.91 Å². The van der Waals surface area contributed by atoms with E-state index in [1.165, 1.54) is 0 Å². The quantitative estimate of drug-likeness (QED) is 0.333. The Balaban J connectivity index is 1.80. The smallest absolute Gasteiger partial charge is 0.256 e. The first kappa shape index (κ1) is 18.8. The lowest BCUT2D eigenvalue weighted by molar-refractivity contribution is 0.102. The lowest BCUT2D eigenvalue weighted by Crippen LogP contribution is -2.13. The second kappa shape index (κ2) is 7.86. The summed E-state index contributed by atoms with van der Waals surface area (Å²) < 4.78 is 1.85. The molecule has 1 N–H and O–H groups in total. The molecule has 4 aromatic rings. The van der Waals surface area contributed by atoms with E-state index in [2.05, 4.69) is 37.2 Å². The molecule has 0 aliphatic heterocycles. The third-order valence-corrected chi connectivity index (χ3v) is 5.66. The molecule has 0 fully saturated rings. The maximum atomic E-state index is 13.1. The summed E-state index contributed by atoms with van der Waals surface area (Å²) in [5, 5.41) is 3.84. The topological polar surface area (TPSA) is 42.0 Å². The number of rotatable bonds is 3. The van der Waals surface area contributed by atoms with E-state index in [4.69, 9.17) is 4.98 Å². The monoisotopic (exact) mass is 494 g/mol. The number of carbonyl (C=O) groups is 1. The second-order valence-electron chi connectivity index (χ2n) is 6.52. The van der Waals surface area contributed by atoms with Crippen LogP contribution in [0.1, 0.15) is 15.9 Å². The number of anilines is 1. The molecular formula is C23H16Br2N2O. The Labute approximate surface area is 180 Å². The summed E-state index contributed by atoms with van der Waals surface area (Å²) in [7, 11) is 0. The van der Waals surface area contributed by atoms with Crippen molar-refractivity contribution in [2.75, 3.05) is 5.32 Å². The highest BCUT2D eigenvalue weighted by Crippen LogP contribution is 2.28. The van der Waals surface area contributed by atoms with Gasteiger partial charge in [0, 0.05) is 19.9 Å². The Morgan fingerprint density at radius 2 is 1.68 bits per heavy atom. The van der Waals surface area contributed by atoms with Crippen LogP contribution in [0.4, 0.5) is 5.69 Å². The van der Waals surface area contributed by atoms with Gasteiger partial charge in [-0.1, -0.05) is 52.3 Å². The molecule has 0 unspecified atom stereocenters. The molecule has 0 radical (unpaired) electrons. The lowest BCUT2D eigenvalue weighted by atomic mass is 10.0. The van der Waals surface area contributed by atoms with Gasteiger partial charge in [-0.2, -0.15) is 0 Å². The molecule has 0 aliphatic carbocycles. The molecular weight excluding hydrogens is 480 g/mol. The van der Waals surface area contributed by atoms with Gasteiger partial charge in [0.2, 0.25) is 0 Å². The molecule has 0 saturated heterocycles. The standard InChI is InChI=1S/C23H16Br2N2O/c1-14-6-11-21(19(25)12-14)27-23(28)18-13-22(15-7-9-16(24)10-8-15)26-20-5-3-2-4-17(18)20/h2-13H,1H3,(H,27,28). The van der Waals surface area contributed by atoms with Gasteiger partial charge in [0.15, 0.2) is 0 Å². The Bertz CT molecular complexity index is 1190. The first-order valence-electron chi connectivity index (χ1n) is 8.74. The first-order valence-corrected chi connectivity index (χ1v) is 10.3. The first-order chi connectivity index (χ1) is 13.5. The van der Waals surface area contributed by atoms with Crippen LogP contribution in [0.5, 0.6) is 0 Å². The van der Waals surface area contributed by atoms with Crippen molar-refractivity contribution in [3.8, 4) is 11.3 Å². The molecule has 28 heavy (non-hydrogen) atoms. The molecule has 3 aromatic carbocycles. The number of amides is 1. The zero-order valence-corrected chi connectivity index (χ0v) is 18.2. The lowest BCUT2D eigenvalue weighted by Gasteiger charge is -2.12. The van der Waals surface area contributed by atoms with E-state index in [9.17, 15) is 4.79 Å². The summed E-state index contributed by atoms with van der Waals surface area (Å²) >= 11 is 6.98. The number of fused-ring (bicyclic) bond motifs is 1. The minimum Gasteiger partial charge on any atom is -0.321 e. The van der Waals surface area contributed by atoms with Crippen molar-refractivity contribution >= 4 is 54.4 Å². The van der Waals surface area contributed by atoms with E-state index in [0.29, 0.717) is 5.56 Å². The predicted octanol–water partition coefficient (Wildman–Crippen LogP) is 6.99. The zero-order valence-electron chi connectivity index (χ0n) is 15.0. The highest BCUT2D eigenvalue weighted by atomic mass is 79.9. The van der Waals surface area contributed by atoms with Gasteiger partial charge < -0.3 is 5.32 Å². The van der Waals surface area contributed by atoms with Crippen LogP contribution in [-0.4, -0.2) is 10.9 Å². The third kappa shape index (κ3) is 3.86. The highest BCUT2D eigenvalue weighted by Gasteiger charge is 2.15. The van der Waals surface area contributed by atoms with Gasteiger partial charge in [-0.15, -0.1) is 0 Å². The van der Waals surface area contributed by atoms with E-state index >= 15 is 0 Å². The Kier molecular flexibility index (Phi) is 5.29. The largest absolute Gasteiger partial charge is 0.321 e. The molecule has 4 rings (SSSR count). The van der Waals surface area contributed by atoms with Crippen LogP contribution in [0.2, 0.25) is 0 Å². The number of para-hydroxylation sites is 1. The number of nitrogens with one attached hydrogen (secondary N) is 1. The molecule has 0 bridgehead atoms. The van der Waals surface area contributed by atoms with Gasteiger partial charge in [-0.3, -0.25) is 4.79 Å². The van der Waals surface area contributed by atoms with Gasteiger partial charge in [0.05, 0.1) is 22.5 Å². The van der Waals surface area contributed by atoms with Gasteiger partial charge in [-0.05, 0) is 64.8 Å². The van der Waals surface area contributed by atoms with Crippen molar-refractivity contribution in [1.82, 2.24) is 4.98 Å². The van der Waals surface area contributed by atoms with E-state index < -0.39 is 0 Å². The molecule has 138 valence electrons. The molecule has 1 heterocycles. The number of hydrogen-bond acceptors (Lipinski definition) is 2. The molecule has 5 heteroatoms. The Morgan fingerprint density at radius 3 is 2.43 bits per heavy atom. The van der Waals surface area contributed by atoms with Crippen LogP contribution in [0, 0.1) is 6.92 Å². The molecule has 0 aliphatic rings. The van der Waals surface area contributed by atoms with Crippen LogP contribution in [0.3, 0.4) is 0 Å². The van der Waals surface area contributed by atoms with Crippen molar-refractivity contribution in [1.29, 1.82) is 0 Å². The second-order valence-corrected chi connectivity index (χ2v) is 8.29. The number of aryl methyl sites for hydroxylation is 1. The molecule has 1 aromatic heterocycles. The number of hydrogen-bond donors (Lipinski definition) is 1. The van der Waals surface area contributed by atoms with Crippen molar-refractivity contribution in [2.45, 2.75) is 6.92 Å². The summed E-state index contributed by atoms with van der Waals surface area (Å²) in [4.78, 5) is 17.9.